The number of aliphatic carboxylic acids is 1. The molecule has 1 heterocycles. The first-order chi connectivity index (χ1) is 12.3. The van der Waals surface area contributed by atoms with Crippen molar-refractivity contribution >= 4 is 21.9 Å². The number of amides is 1. The molecule has 1 aliphatic heterocycles. The highest BCUT2D eigenvalue weighted by Gasteiger charge is 2.39. The molecule has 10 heteroatoms. The van der Waals surface area contributed by atoms with E-state index in [1.165, 1.54) is 32.4 Å². The van der Waals surface area contributed by atoms with Gasteiger partial charge in [0.05, 0.1) is 25.5 Å². The third kappa shape index (κ3) is 4.25. The Kier molecular flexibility index (Phi) is 6.43. The minimum atomic E-state index is -3.91. The second-order valence-corrected chi connectivity index (χ2v) is 7.62. The summed E-state index contributed by atoms with van der Waals surface area (Å²) in [6, 6.07) is 3.38. The van der Waals surface area contributed by atoms with Crippen molar-refractivity contribution in [3.05, 3.63) is 18.2 Å². The molecule has 0 radical (unpaired) electrons. The topological polar surface area (TPSA) is 122 Å². The third-order valence-corrected chi connectivity index (χ3v) is 6.01. The molecule has 1 atom stereocenters. The molecule has 0 saturated carbocycles. The van der Waals surface area contributed by atoms with Crippen LogP contribution in [0.1, 0.15) is 19.3 Å². The number of hydrogen-bond donors (Lipinski definition) is 2. The van der Waals surface area contributed by atoms with Gasteiger partial charge in [0.15, 0.2) is 11.5 Å². The molecule has 9 nitrogen and oxygen atoms in total. The van der Waals surface area contributed by atoms with E-state index in [0.29, 0.717) is 18.6 Å². The molecule has 1 unspecified atom stereocenters. The summed E-state index contributed by atoms with van der Waals surface area (Å²) in [5, 5.41) is 11.1. The molecule has 1 amide bonds. The fraction of sp³-hybridized carbons (Fsp3) is 0.500. The van der Waals surface area contributed by atoms with Crippen LogP contribution in [0.4, 0.5) is 0 Å². The van der Waals surface area contributed by atoms with E-state index in [9.17, 15) is 18.0 Å². The second-order valence-electron chi connectivity index (χ2n) is 5.73. The van der Waals surface area contributed by atoms with Crippen LogP contribution in [0, 0.1) is 0 Å². The Balaban J connectivity index is 2.21. The Hall–Kier alpha value is -2.33. The molecule has 0 bridgehead atoms. The van der Waals surface area contributed by atoms with Crippen LogP contribution in [-0.4, -0.2) is 63.1 Å². The number of ether oxygens (including phenoxy) is 2. The predicted octanol–water partition coefficient (Wildman–Crippen LogP) is 0.448. The first-order valence-corrected chi connectivity index (χ1v) is 9.48. The summed E-state index contributed by atoms with van der Waals surface area (Å²) in [6.07, 6.45) is 0.704. The van der Waals surface area contributed by atoms with Crippen LogP contribution < -0.4 is 14.8 Å². The van der Waals surface area contributed by atoms with Gasteiger partial charge in [-0.3, -0.25) is 9.59 Å². The molecule has 0 aliphatic carbocycles. The zero-order valence-electron chi connectivity index (χ0n) is 14.6. The maximum atomic E-state index is 13.0. The van der Waals surface area contributed by atoms with Gasteiger partial charge in [-0.2, -0.15) is 4.31 Å². The van der Waals surface area contributed by atoms with Gasteiger partial charge in [-0.25, -0.2) is 8.42 Å². The molecule has 2 N–H and O–H groups in total. The number of carbonyl (C=O) groups is 2. The summed E-state index contributed by atoms with van der Waals surface area (Å²) in [6.45, 7) is 0.169. The van der Waals surface area contributed by atoms with Gasteiger partial charge in [0.25, 0.3) is 0 Å². The summed E-state index contributed by atoms with van der Waals surface area (Å²) in [7, 11) is -1.06. The number of sulfonamides is 1. The van der Waals surface area contributed by atoms with Gasteiger partial charge in [-0.15, -0.1) is 0 Å². The molecule has 1 saturated heterocycles. The van der Waals surface area contributed by atoms with E-state index < -0.39 is 27.9 Å². The van der Waals surface area contributed by atoms with Gasteiger partial charge >= 0.3 is 5.97 Å². The number of carbonyl (C=O) groups excluding carboxylic acids is 1. The number of hydrogen-bond acceptors (Lipinski definition) is 6. The molecule has 2 rings (SSSR count). The third-order valence-electron chi connectivity index (χ3n) is 4.11. The zero-order chi connectivity index (χ0) is 19.3. The summed E-state index contributed by atoms with van der Waals surface area (Å²) in [5.41, 5.74) is 0. The Bertz CT molecular complexity index is 779. The summed E-state index contributed by atoms with van der Waals surface area (Å²) >= 11 is 0. The van der Waals surface area contributed by atoms with Gasteiger partial charge < -0.3 is 19.9 Å². The number of carboxylic acids is 1. The number of benzene rings is 1. The maximum absolute atomic E-state index is 13.0. The van der Waals surface area contributed by atoms with Gasteiger partial charge in [0, 0.05) is 19.2 Å². The highest BCUT2D eigenvalue weighted by Crippen LogP contribution is 2.33. The number of nitrogens with one attached hydrogen (secondary N) is 1. The lowest BCUT2D eigenvalue weighted by atomic mass is 10.2. The molecule has 0 spiro atoms. The predicted molar refractivity (Wildman–Crippen MR) is 91.7 cm³/mol. The van der Waals surface area contributed by atoms with Crippen molar-refractivity contribution in [3.63, 3.8) is 0 Å². The van der Waals surface area contributed by atoms with Gasteiger partial charge in [0.2, 0.25) is 15.9 Å². The van der Waals surface area contributed by atoms with Crippen molar-refractivity contribution in [3.8, 4) is 11.5 Å². The largest absolute Gasteiger partial charge is 0.493 e. The number of carboxylic acid groups (broad SMARTS) is 1. The van der Waals surface area contributed by atoms with Crippen LogP contribution in [0.3, 0.4) is 0 Å². The molecule has 1 aromatic carbocycles. The van der Waals surface area contributed by atoms with Crippen LogP contribution in [-0.2, 0) is 19.6 Å². The van der Waals surface area contributed by atoms with Crippen molar-refractivity contribution in [1.29, 1.82) is 0 Å². The SMILES string of the molecule is COc1ccc(S(=O)(=O)N2CCCC2C(=O)NCCC(=O)O)cc1OC. The van der Waals surface area contributed by atoms with Crippen molar-refractivity contribution in [2.24, 2.45) is 0 Å². The first kappa shape index (κ1) is 20.0. The zero-order valence-corrected chi connectivity index (χ0v) is 15.4. The van der Waals surface area contributed by atoms with Crippen molar-refractivity contribution in [2.45, 2.75) is 30.2 Å². The van der Waals surface area contributed by atoms with Crippen molar-refractivity contribution < 1.29 is 32.6 Å². The molecular formula is C16H22N2O7S. The van der Waals surface area contributed by atoms with E-state index in [0.717, 1.165) is 4.31 Å². The number of rotatable bonds is 8. The quantitative estimate of drug-likeness (QED) is 0.665. The molecular weight excluding hydrogens is 364 g/mol. The Labute approximate surface area is 151 Å². The molecule has 144 valence electrons. The molecule has 26 heavy (non-hydrogen) atoms. The highest BCUT2D eigenvalue weighted by molar-refractivity contribution is 7.89. The first-order valence-electron chi connectivity index (χ1n) is 8.04. The fourth-order valence-corrected chi connectivity index (χ4v) is 4.49. The van der Waals surface area contributed by atoms with Crippen molar-refractivity contribution in [2.75, 3.05) is 27.3 Å². The Morgan fingerprint density at radius 2 is 1.96 bits per heavy atom. The summed E-state index contributed by atoms with van der Waals surface area (Å²) in [5.74, 6) is -0.856. The molecule has 1 fully saturated rings. The lowest BCUT2D eigenvalue weighted by Gasteiger charge is -2.23. The standard InChI is InChI=1S/C16H22N2O7S/c1-24-13-6-5-11(10-14(13)25-2)26(22,23)18-9-3-4-12(18)16(21)17-8-7-15(19)20/h5-6,10,12H,3-4,7-9H2,1-2H3,(H,17,21)(H,19,20). The van der Waals surface area contributed by atoms with E-state index in [2.05, 4.69) is 5.32 Å². The Morgan fingerprint density at radius 1 is 1.27 bits per heavy atom. The van der Waals surface area contributed by atoms with Crippen LogP contribution in [0.5, 0.6) is 11.5 Å². The minimum Gasteiger partial charge on any atom is -0.493 e. The fourth-order valence-electron chi connectivity index (χ4n) is 2.81. The van der Waals surface area contributed by atoms with E-state index >= 15 is 0 Å². The van der Waals surface area contributed by atoms with Crippen LogP contribution in [0.25, 0.3) is 0 Å². The molecule has 1 aliphatic rings. The highest BCUT2D eigenvalue weighted by atomic mass is 32.2. The van der Waals surface area contributed by atoms with E-state index in [-0.39, 0.29) is 30.2 Å². The summed E-state index contributed by atoms with van der Waals surface area (Å²) < 4.78 is 37.3. The van der Waals surface area contributed by atoms with Crippen LogP contribution in [0.2, 0.25) is 0 Å². The normalized spacial score (nSPS) is 17.7. The van der Waals surface area contributed by atoms with Gasteiger partial charge in [-0.05, 0) is 25.0 Å². The number of nitrogens with zero attached hydrogens (tertiary/aromatic N) is 1. The molecule has 1 aromatic rings. The van der Waals surface area contributed by atoms with Gasteiger partial charge in [0.1, 0.15) is 6.04 Å². The monoisotopic (exact) mass is 386 g/mol. The lowest BCUT2D eigenvalue weighted by molar-refractivity contribution is -0.137. The second kappa shape index (κ2) is 8.37. The lowest BCUT2D eigenvalue weighted by Crippen LogP contribution is -2.46. The average Bonchev–Trinajstić information content (AvgIpc) is 3.11. The Morgan fingerprint density at radius 3 is 2.58 bits per heavy atom. The van der Waals surface area contributed by atoms with Crippen LogP contribution >= 0.6 is 0 Å². The van der Waals surface area contributed by atoms with Crippen LogP contribution in [0.15, 0.2) is 23.1 Å². The van der Waals surface area contributed by atoms with E-state index in [1.54, 1.807) is 0 Å². The minimum absolute atomic E-state index is 0.000357. The van der Waals surface area contributed by atoms with E-state index in [4.69, 9.17) is 14.6 Å². The van der Waals surface area contributed by atoms with Gasteiger partial charge in [-0.1, -0.05) is 0 Å². The van der Waals surface area contributed by atoms with Crippen molar-refractivity contribution in [1.82, 2.24) is 9.62 Å². The molecule has 0 aromatic heterocycles. The average molecular weight is 386 g/mol. The number of methoxy groups -OCH3 is 2. The smallest absolute Gasteiger partial charge is 0.305 e. The van der Waals surface area contributed by atoms with E-state index in [1.807, 2.05) is 0 Å². The maximum Gasteiger partial charge on any atom is 0.305 e. The summed E-state index contributed by atoms with van der Waals surface area (Å²) in [4.78, 5) is 22.8.